The SMILES string of the molecule is COC(=O)[C@H](C)NC(=O)C(C)(N)C(F)(F)F. The number of nitrogens with two attached hydrogens (primary N) is 1. The van der Waals surface area contributed by atoms with Crippen LogP contribution in [-0.4, -0.2) is 36.7 Å². The molecule has 0 aliphatic heterocycles. The summed E-state index contributed by atoms with van der Waals surface area (Å²) in [6.45, 7) is 1.71. The zero-order valence-electron chi connectivity index (χ0n) is 9.01. The van der Waals surface area contributed by atoms with Crippen molar-refractivity contribution in [2.24, 2.45) is 5.73 Å². The average molecular weight is 242 g/mol. The van der Waals surface area contributed by atoms with Crippen LogP contribution in [0.5, 0.6) is 0 Å². The molecule has 2 atom stereocenters. The van der Waals surface area contributed by atoms with Gasteiger partial charge in [-0.2, -0.15) is 13.2 Å². The molecule has 0 spiro atoms. The van der Waals surface area contributed by atoms with Crippen molar-refractivity contribution in [2.75, 3.05) is 7.11 Å². The Morgan fingerprint density at radius 2 is 1.81 bits per heavy atom. The minimum atomic E-state index is -4.90. The molecule has 0 aliphatic carbocycles. The number of nitrogens with one attached hydrogen (secondary N) is 1. The Labute approximate surface area is 90.1 Å². The van der Waals surface area contributed by atoms with Crippen molar-refractivity contribution in [3.8, 4) is 0 Å². The van der Waals surface area contributed by atoms with Gasteiger partial charge in [0, 0.05) is 0 Å². The third-order valence-electron chi connectivity index (χ3n) is 1.96. The van der Waals surface area contributed by atoms with Gasteiger partial charge < -0.3 is 15.8 Å². The Hall–Kier alpha value is -1.31. The summed E-state index contributed by atoms with van der Waals surface area (Å²) in [6.07, 6.45) is -4.90. The molecule has 94 valence electrons. The average Bonchev–Trinajstić information content (AvgIpc) is 2.14. The standard InChI is InChI=1S/C8H13F3N2O3/c1-4(5(14)16-3)13-6(15)7(2,12)8(9,10)11/h4H,12H2,1-3H3,(H,13,15)/t4-,7?/m0/s1. The Kier molecular flexibility index (Phi) is 4.30. The van der Waals surface area contributed by atoms with Crippen LogP contribution in [-0.2, 0) is 14.3 Å². The minimum Gasteiger partial charge on any atom is -0.467 e. The smallest absolute Gasteiger partial charge is 0.415 e. The molecule has 0 radical (unpaired) electrons. The summed E-state index contributed by atoms with van der Waals surface area (Å²) in [5.74, 6) is -2.34. The zero-order valence-corrected chi connectivity index (χ0v) is 9.01. The van der Waals surface area contributed by atoms with Gasteiger partial charge in [-0.25, -0.2) is 4.79 Å². The van der Waals surface area contributed by atoms with E-state index < -0.39 is 29.6 Å². The monoisotopic (exact) mass is 242 g/mol. The summed E-state index contributed by atoms with van der Waals surface area (Å²) < 4.78 is 41.2. The first-order chi connectivity index (χ1) is 7.04. The highest BCUT2D eigenvalue weighted by molar-refractivity contribution is 5.90. The van der Waals surface area contributed by atoms with Crippen LogP contribution in [0.15, 0.2) is 0 Å². The van der Waals surface area contributed by atoms with Crippen LogP contribution in [0.3, 0.4) is 0 Å². The van der Waals surface area contributed by atoms with Crippen LogP contribution in [0, 0.1) is 0 Å². The van der Waals surface area contributed by atoms with Crippen molar-refractivity contribution in [1.29, 1.82) is 0 Å². The molecule has 0 rings (SSSR count). The first-order valence-electron chi connectivity index (χ1n) is 4.28. The lowest BCUT2D eigenvalue weighted by Crippen LogP contribution is -2.63. The van der Waals surface area contributed by atoms with E-state index in [1.54, 1.807) is 0 Å². The number of amides is 1. The summed E-state index contributed by atoms with van der Waals surface area (Å²) in [5.41, 5.74) is 1.79. The van der Waals surface area contributed by atoms with E-state index in [1.165, 1.54) is 6.92 Å². The molecule has 5 nitrogen and oxygen atoms in total. The third-order valence-corrected chi connectivity index (χ3v) is 1.96. The van der Waals surface area contributed by atoms with Crippen LogP contribution in [0.1, 0.15) is 13.8 Å². The number of halogens is 3. The van der Waals surface area contributed by atoms with Crippen molar-refractivity contribution in [1.82, 2.24) is 5.32 Å². The van der Waals surface area contributed by atoms with Gasteiger partial charge in [0.05, 0.1) is 7.11 Å². The van der Waals surface area contributed by atoms with Crippen molar-refractivity contribution in [3.05, 3.63) is 0 Å². The van der Waals surface area contributed by atoms with E-state index in [-0.39, 0.29) is 0 Å². The predicted molar refractivity (Wildman–Crippen MR) is 48.3 cm³/mol. The van der Waals surface area contributed by atoms with Crippen LogP contribution in [0.4, 0.5) is 13.2 Å². The van der Waals surface area contributed by atoms with Gasteiger partial charge in [0.1, 0.15) is 6.04 Å². The largest absolute Gasteiger partial charge is 0.467 e. The molecule has 3 N–H and O–H groups in total. The quantitative estimate of drug-likeness (QED) is 0.679. The summed E-state index contributed by atoms with van der Waals surface area (Å²) >= 11 is 0. The number of hydrogen-bond acceptors (Lipinski definition) is 4. The Morgan fingerprint density at radius 1 is 1.38 bits per heavy atom. The topological polar surface area (TPSA) is 81.4 Å². The molecule has 0 heterocycles. The molecule has 0 saturated carbocycles. The molecule has 0 aromatic rings. The zero-order chi connectivity index (χ0) is 13.1. The second kappa shape index (κ2) is 4.69. The Morgan fingerprint density at radius 3 is 2.12 bits per heavy atom. The maximum absolute atomic E-state index is 12.3. The molecule has 8 heteroatoms. The lowest BCUT2D eigenvalue weighted by molar-refractivity contribution is -0.188. The molecular formula is C8H13F3N2O3. The molecule has 1 unspecified atom stereocenters. The summed E-state index contributed by atoms with van der Waals surface area (Å²) in [4.78, 5) is 22.0. The van der Waals surface area contributed by atoms with Crippen molar-refractivity contribution >= 4 is 11.9 Å². The van der Waals surface area contributed by atoms with Gasteiger partial charge in [0.15, 0.2) is 5.54 Å². The van der Waals surface area contributed by atoms with Gasteiger partial charge in [0.25, 0.3) is 0 Å². The van der Waals surface area contributed by atoms with E-state index in [4.69, 9.17) is 5.73 Å². The van der Waals surface area contributed by atoms with Crippen molar-refractivity contribution in [2.45, 2.75) is 31.6 Å². The molecule has 1 amide bonds. The van der Waals surface area contributed by atoms with E-state index >= 15 is 0 Å². The maximum atomic E-state index is 12.3. The van der Waals surface area contributed by atoms with Gasteiger partial charge in [0.2, 0.25) is 5.91 Å². The predicted octanol–water partition coefficient (Wildman–Crippen LogP) is -0.0562. The molecular weight excluding hydrogens is 229 g/mol. The number of alkyl halides is 3. The van der Waals surface area contributed by atoms with E-state index in [0.29, 0.717) is 6.92 Å². The number of carbonyl (C=O) groups is 2. The molecule has 0 aromatic heterocycles. The highest BCUT2D eigenvalue weighted by atomic mass is 19.4. The summed E-state index contributed by atoms with van der Waals surface area (Å²) in [5, 5.41) is 1.82. The number of rotatable bonds is 3. The number of carbonyl (C=O) groups excluding carboxylic acids is 2. The molecule has 0 saturated heterocycles. The lowest BCUT2D eigenvalue weighted by Gasteiger charge is -2.27. The van der Waals surface area contributed by atoms with E-state index in [2.05, 4.69) is 4.74 Å². The first kappa shape index (κ1) is 14.7. The first-order valence-corrected chi connectivity index (χ1v) is 4.28. The third kappa shape index (κ3) is 3.09. The second-order valence-corrected chi connectivity index (χ2v) is 3.42. The lowest BCUT2D eigenvalue weighted by atomic mass is 10.0. The molecule has 16 heavy (non-hydrogen) atoms. The summed E-state index contributed by atoms with van der Waals surface area (Å²) in [6, 6.07) is -1.19. The number of methoxy groups -OCH3 is 1. The van der Waals surface area contributed by atoms with Crippen molar-refractivity contribution < 1.29 is 27.5 Å². The molecule has 0 bridgehead atoms. The fourth-order valence-corrected chi connectivity index (χ4v) is 0.711. The highest BCUT2D eigenvalue weighted by Gasteiger charge is 2.54. The Bertz CT molecular complexity index is 289. The number of hydrogen-bond donors (Lipinski definition) is 2. The van der Waals surface area contributed by atoms with Crippen LogP contribution < -0.4 is 11.1 Å². The van der Waals surface area contributed by atoms with Crippen LogP contribution in [0.2, 0.25) is 0 Å². The molecule has 0 aliphatic rings. The van der Waals surface area contributed by atoms with Crippen LogP contribution in [0.25, 0.3) is 0 Å². The number of ether oxygens (including phenoxy) is 1. The maximum Gasteiger partial charge on any atom is 0.415 e. The fraction of sp³-hybridized carbons (Fsp3) is 0.750. The van der Waals surface area contributed by atoms with E-state index in [1.807, 2.05) is 5.32 Å². The minimum absolute atomic E-state index is 0.520. The van der Waals surface area contributed by atoms with Crippen LogP contribution >= 0.6 is 0 Å². The van der Waals surface area contributed by atoms with E-state index in [9.17, 15) is 22.8 Å². The molecule has 0 fully saturated rings. The van der Waals surface area contributed by atoms with Gasteiger partial charge in [-0.15, -0.1) is 0 Å². The fourth-order valence-electron chi connectivity index (χ4n) is 0.711. The van der Waals surface area contributed by atoms with Gasteiger partial charge in [-0.3, -0.25) is 4.79 Å². The van der Waals surface area contributed by atoms with Crippen molar-refractivity contribution in [3.63, 3.8) is 0 Å². The van der Waals surface area contributed by atoms with Gasteiger partial charge in [-0.05, 0) is 13.8 Å². The highest BCUT2D eigenvalue weighted by Crippen LogP contribution is 2.27. The summed E-state index contributed by atoms with van der Waals surface area (Å²) in [7, 11) is 1.05. The number of esters is 1. The second-order valence-electron chi connectivity index (χ2n) is 3.42. The normalized spacial score (nSPS) is 17.2. The van der Waals surface area contributed by atoms with E-state index in [0.717, 1.165) is 7.11 Å². The molecule has 0 aromatic carbocycles. The Balaban J connectivity index is 4.66. The van der Waals surface area contributed by atoms with Gasteiger partial charge >= 0.3 is 12.1 Å². The van der Waals surface area contributed by atoms with Gasteiger partial charge in [-0.1, -0.05) is 0 Å².